The van der Waals surface area contributed by atoms with Crippen molar-refractivity contribution in [2.24, 2.45) is 5.73 Å². The second-order valence-corrected chi connectivity index (χ2v) is 5.68. The number of hydrogen-bond acceptors (Lipinski definition) is 3. The minimum absolute atomic E-state index is 0.433. The normalized spacial score (nSPS) is 20.4. The van der Waals surface area contributed by atoms with Crippen LogP contribution < -0.4 is 10.6 Å². The fourth-order valence-corrected chi connectivity index (χ4v) is 2.77. The molecule has 1 saturated carbocycles. The minimum Gasteiger partial charge on any atom is -0.386 e. The Kier molecular flexibility index (Phi) is 3.93. The van der Waals surface area contributed by atoms with Gasteiger partial charge in [-0.2, -0.15) is 0 Å². The van der Waals surface area contributed by atoms with Crippen molar-refractivity contribution in [1.82, 2.24) is 0 Å². The van der Waals surface area contributed by atoms with Gasteiger partial charge < -0.3 is 15.7 Å². The maximum absolute atomic E-state index is 10.5. The lowest BCUT2D eigenvalue weighted by atomic mass is 9.76. The van der Waals surface area contributed by atoms with Crippen LogP contribution in [0, 0.1) is 0 Å². The lowest BCUT2D eigenvalue weighted by Crippen LogP contribution is -2.47. The molecule has 0 radical (unpaired) electrons. The fourth-order valence-electron chi connectivity index (χ4n) is 2.77. The lowest BCUT2D eigenvalue weighted by molar-refractivity contribution is 0.0587. The molecular formula is C15H24N2O. The Bertz CT molecular complexity index is 380. The van der Waals surface area contributed by atoms with Crippen molar-refractivity contribution >= 4 is 5.69 Å². The monoisotopic (exact) mass is 248 g/mol. The molecule has 0 spiro atoms. The van der Waals surface area contributed by atoms with Gasteiger partial charge >= 0.3 is 0 Å². The van der Waals surface area contributed by atoms with Gasteiger partial charge in [0, 0.05) is 25.3 Å². The van der Waals surface area contributed by atoms with Crippen LogP contribution in [0.25, 0.3) is 0 Å². The van der Waals surface area contributed by atoms with Gasteiger partial charge in [-0.25, -0.2) is 0 Å². The number of hydrogen-bond donors (Lipinski definition) is 2. The summed E-state index contributed by atoms with van der Waals surface area (Å²) in [6, 6.07) is 8.04. The minimum atomic E-state index is -0.547. The highest BCUT2D eigenvalue weighted by Gasteiger charge is 2.35. The van der Waals surface area contributed by atoms with E-state index < -0.39 is 11.6 Å². The molecule has 1 fully saturated rings. The van der Waals surface area contributed by atoms with E-state index in [4.69, 9.17) is 5.73 Å². The Morgan fingerprint density at radius 1 is 1.11 bits per heavy atom. The summed E-state index contributed by atoms with van der Waals surface area (Å²) in [6.07, 6.45) is 4.79. The van der Waals surface area contributed by atoms with E-state index in [9.17, 15) is 5.11 Å². The van der Waals surface area contributed by atoms with Crippen molar-refractivity contribution in [1.29, 1.82) is 0 Å². The summed E-state index contributed by atoms with van der Waals surface area (Å²) in [5, 5.41) is 10.5. The molecule has 1 unspecified atom stereocenters. The number of nitrogens with two attached hydrogens (primary N) is 1. The van der Waals surface area contributed by atoms with Gasteiger partial charge in [0.1, 0.15) is 0 Å². The van der Waals surface area contributed by atoms with Crippen LogP contribution in [0.4, 0.5) is 5.69 Å². The van der Waals surface area contributed by atoms with Crippen molar-refractivity contribution in [2.75, 3.05) is 19.0 Å². The molecule has 1 aliphatic rings. The molecule has 1 aromatic rings. The molecule has 0 heterocycles. The van der Waals surface area contributed by atoms with Gasteiger partial charge in [0.25, 0.3) is 0 Å². The summed E-state index contributed by atoms with van der Waals surface area (Å²) < 4.78 is 0. The van der Waals surface area contributed by atoms with E-state index in [0.717, 1.165) is 36.9 Å². The van der Waals surface area contributed by atoms with Crippen LogP contribution in [0.15, 0.2) is 24.3 Å². The Morgan fingerprint density at radius 3 is 2.17 bits per heavy atom. The van der Waals surface area contributed by atoms with E-state index in [-0.39, 0.29) is 0 Å². The van der Waals surface area contributed by atoms with Crippen LogP contribution in [0.3, 0.4) is 0 Å². The third kappa shape index (κ3) is 2.68. The zero-order chi connectivity index (χ0) is 13.2. The molecule has 0 aliphatic heterocycles. The SMILES string of the molecule is CN(C)c1ccc(C(O)C2(N)CCCCC2)cc1. The molecule has 1 atom stereocenters. The number of benzene rings is 1. The Morgan fingerprint density at radius 2 is 1.67 bits per heavy atom. The van der Waals surface area contributed by atoms with E-state index in [0.29, 0.717) is 0 Å². The molecule has 1 aliphatic carbocycles. The number of anilines is 1. The first-order valence-corrected chi connectivity index (χ1v) is 6.77. The summed E-state index contributed by atoms with van der Waals surface area (Å²) in [5.41, 5.74) is 8.01. The van der Waals surface area contributed by atoms with E-state index in [1.165, 1.54) is 6.42 Å². The Hall–Kier alpha value is -1.06. The quantitative estimate of drug-likeness (QED) is 0.864. The zero-order valence-electron chi connectivity index (χ0n) is 11.4. The van der Waals surface area contributed by atoms with Crippen LogP contribution in [0.1, 0.15) is 43.8 Å². The van der Waals surface area contributed by atoms with Crippen molar-refractivity contribution < 1.29 is 5.11 Å². The molecule has 18 heavy (non-hydrogen) atoms. The van der Waals surface area contributed by atoms with E-state index in [1.807, 2.05) is 38.4 Å². The molecule has 2 rings (SSSR count). The summed E-state index contributed by atoms with van der Waals surface area (Å²) in [6.45, 7) is 0. The molecule has 0 bridgehead atoms. The van der Waals surface area contributed by atoms with Gasteiger partial charge in [-0.1, -0.05) is 31.4 Å². The summed E-state index contributed by atoms with van der Waals surface area (Å²) in [5.74, 6) is 0. The molecule has 100 valence electrons. The fraction of sp³-hybridized carbons (Fsp3) is 0.600. The Balaban J connectivity index is 2.15. The number of nitrogens with zero attached hydrogens (tertiary/aromatic N) is 1. The van der Waals surface area contributed by atoms with Gasteiger partial charge in [-0.05, 0) is 30.5 Å². The topological polar surface area (TPSA) is 49.5 Å². The predicted octanol–water partition coefficient (Wildman–Crippen LogP) is 2.45. The smallest absolute Gasteiger partial charge is 0.0969 e. The van der Waals surface area contributed by atoms with Crippen molar-refractivity contribution in [3.8, 4) is 0 Å². The molecular weight excluding hydrogens is 224 g/mol. The first-order chi connectivity index (χ1) is 8.53. The molecule has 0 amide bonds. The molecule has 3 N–H and O–H groups in total. The van der Waals surface area contributed by atoms with Crippen LogP contribution in [-0.2, 0) is 0 Å². The third-order valence-electron chi connectivity index (χ3n) is 4.05. The summed E-state index contributed by atoms with van der Waals surface area (Å²) in [4.78, 5) is 2.05. The average molecular weight is 248 g/mol. The van der Waals surface area contributed by atoms with Crippen molar-refractivity contribution in [3.63, 3.8) is 0 Å². The highest BCUT2D eigenvalue weighted by atomic mass is 16.3. The Labute approximate surface area is 110 Å². The van der Waals surface area contributed by atoms with Gasteiger partial charge in [-0.3, -0.25) is 0 Å². The van der Waals surface area contributed by atoms with Gasteiger partial charge in [-0.15, -0.1) is 0 Å². The number of rotatable bonds is 3. The first-order valence-electron chi connectivity index (χ1n) is 6.77. The van der Waals surface area contributed by atoms with Crippen molar-refractivity contribution in [2.45, 2.75) is 43.7 Å². The van der Waals surface area contributed by atoms with Gasteiger partial charge in [0.15, 0.2) is 0 Å². The zero-order valence-corrected chi connectivity index (χ0v) is 11.4. The maximum Gasteiger partial charge on any atom is 0.0969 e. The van der Waals surface area contributed by atoms with Crippen LogP contribution in [0.5, 0.6) is 0 Å². The van der Waals surface area contributed by atoms with E-state index >= 15 is 0 Å². The second-order valence-electron chi connectivity index (χ2n) is 5.68. The molecule has 3 heteroatoms. The van der Waals surface area contributed by atoms with Gasteiger partial charge in [0.2, 0.25) is 0 Å². The maximum atomic E-state index is 10.5. The summed E-state index contributed by atoms with van der Waals surface area (Å²) >= 11 is 0. The number of aliphatic hydroxyl groups is 1. The van der Waals surface area contributed by atoms with Crippen molar-refractivity contribution in [3.05, 3.63) is 29.8 Å². The number of aliphatic hydroxyl groups excluding tert-OH is 1. The predicted molar refractivity (Wildman–Crippen MR) is 75.7 cm³/mol. The molecule has 0 aromatic heterocycles. The van der Waals surface area contributed by atoms with Crippen LogP contribution in [0.2, 0.25) is 0 Å². The summed E-state index contributed by atoms with van der Waals surface area (Å²) in [7, 11) is 4.02. The highest BCUT2D eigenvalue weighted by molar-refractivity contribution is 5.46. The standard InChI is InChI=1S/C15H24N2O/c1-17(2)13-8-6-12(7-9-13)14(18)15(16)10-4-3-5-11-15/h6-9,14,18H,3-5,10-11,16H2,1-2H3. The first kappa shape index (κ1) is 13.4. The lowest BCUT2D eigenvalue weighted by Gasteiger charge is -2.38. The molecule has 3 nitrogen and oxygen atoms in total. The van der Waals surface area contributed by atoms with Crippen LogP contribution in [-0.4, -0.2) is 24.7 Å². The highest BCUT2D eigenvalue weighted by Crippen LogP contribution is 2.36. The largest absolute Gasteiger partial charge is 0.386 e. The second kappa shape index (κ2) is 5.29. The average Bonchev–Trinajstić information content (AvgIpc) is 2.39. The van der Waals surface area contributed by atoms with Crippen LogP contribution >= 0.6 is 0 Å². The molecule has 0 saturated heterocycles. The van der Waals surface area contributed by atoms with Gasteiger partial charge in [0.05, 0.1) is 6.10 Å². The molecule has 1 aromatic carbocycles. The van der Waals surface area contributed by atoms with E-state index in [1.54, 1.807) is 0 Å². The third-order valence-corrected chi connectivity index (χ3v) is 4.05. The van der Waals surface area contributed by atoms with E-state index in [2.05, 4.69) is 4.90 Å².